The minimum atomic E-state index is -1.41. The van der Waals surface area contributed by atoms with Gasteiger partial charge in [-0.3, -0.25) is 4.79 Å². The van der Waals surface area contributed by atoms with E-state index in [0.29, 0.717) is 0 Å². The minimum Gasteiger partial charge on any atom is -0.481 e. The maximum Gasteiger partial charge on any atom is 0.346 e. The van der Waals surface area contributed by atoms with Crippen molar-refractivity contribution in [1.82, 2.24) is 0 Å². The Morgan fingerprint density at radius 2 is 2.00 bits per heavy atom. The largest absolute Gasteiger partial charge is 0.481 e. The second kappa shape index (κ2) is 4.06. The van der Waals surface area contributed by atoms with Gasteiger partial charge in [0.2, 0.25) is 0 Å². The van der Waals surface area contributed by atoms with Crippen molar-refractivity contribution >= 4 is 11.9 Å². The van der Waals surface area contributed by atoms with E-state index in [0.717, 1.165) is 6.08 Å². The van der Waals surface area contributed by atoms with Gasteiger partial charge in [0.1, 0.15) is 11.6 Å². The lowest BCUT2D eigenvalue weighted by Gasteiger charge is -1.86. The van der Waals surface area contributed by atoms with E-state index in [9.17, 15) is 9.59 Å². The highest BCUT2D eigenvalue weighted by molar-refractivity contribution is 5.91. The van der Waals surface area contributed by atoms with Crippen LogP contribution in [0.25, 0.3) is 0 Å². The molecule has 0 heterocycles. The van der Waals surface area contributed by atoms with Gasteiger partial charge in [0.15, 0.2) is 0 Å². The molecule has 0 aliphatic carbocycles. The van der Waals surface area contributed by atoms with E-state index in [2.05, 4.69) is 0 Å². The number of nitrogens with zero attached hydrogens (tertiary/aromatic N) is 1. The maximum atomic E-state index is 10.1. The van der Waals surface area contributed by atoms with Crippen molar-refractivity contribution < 1.29 is 19.8 Å². The van der Waals surface area contributed by atoms with Crippen molar-refractivity contribution in [2.24, 2.45) is 0 Å². The van der Waals surface area contributed by atoms with Crippen LogP contribution in [-0.2, 0) is 9.59 Å². The maximum absolute atomic E-state index is 10.1. The van der Waals surface area contributed by atoms with Gasteiger partial charge in [0.05, 0.1) is 6.42 Å². The Morgan fingerprint density at radius 1 is 1.45 bits per heavy atom. The second-order valence-corrected chi connectivity index (χ2v) is 1.63. The Hall–Kier alpha value is -1.83. The first-order chi connectivity index (χ1) is 5.07. The van der Waals surface area contributed by atoms with Crippen LogP contribution >= 0.6 is 0 Å². The highest BCUT2D eigenvalue weighted by Crippen LogP contribution is 1.94. The molecule has 5 nitrogen and oxygen atoms in total. The van der Waals surface area contributed by atoms with Gasteiger partial charge in [-0.2, -0.15) is 5.26 Å². The number of rotatable bonds is 3. The molecule has 0 unspecified atom stereocenters. The lowest BCUT2D eigenvalue weighted by atomic mass is 10.2. The molecular formula is C6H5NO4. The third-order valence-corrected chi connectivity index (χ3v) is 0.832. The van der Waals surface area contributed by atoms with Crippen molar-refractivity contribution in [1.29, 1.82) is 5.26 Å². The van der Waals surface area contributed by atoms with Crippen molar-refractivity contribution in [3.05, 3.63) is 11.6 Å². The highest BCUT2D eigenvalue weighted by Gasteiger charge is 2.05. The summed E-state index contributed by atoms with van der Waals surface area (Å²) in [5.74, 6) is -2.58. The third-order valence-electron chi connectivity index (χ3n) is 0.832. The summed E-state index contributed by atoms with van der Waals surface area (Å²) in [6.07, 6.45) is 0.403. The second-order valence-electron chi connectivity index (χ2n) is 1.63. The molecule has 0 bridgehead atoms. The minimum absolute atomic E-state index is 0.449. The van der Waals surface area contributed by atoms with Crippen LogP contribution in [-0.4, -0.2) is 22.2 Å². The smallest absolute Gasteiger partial charge is 0.346 e. The van der Waals surface area contributed by atoms with Crippen LogP contribution in [0.15, 0.2) is 11.6 Å². The fourth-order valence-electron chi connectivity index (χ4n) is 0.370. The van der Waals surface area contributed by atoms with E-state index < -0.39 is 23.9 Å². The SMILES string of the molecule is N#CC(=CCC(=O)O)C(=O)O. The average Bonchev–Trinajstić information content (AvgIpc) is 1.87. The summed E-state index contributed by atoms with van der Waals surface area (Å²) in [6, 6.07) is 1.36. The highest BCUT2D eigenvalue weighted by atomic mass is 16.4. The Bertz CT molecular complexity index is 248. The Balaban J connectivity index is 4.28. The number of carbonyl (C=O) groups is 2. The van der Waals surface area contributed by atoms with Gasteiger partial charge in [-0.15, -0.1) is 0 Å². The molecule has 0 aliphatic heterocycles. The third kappa shape index (κ3) is 3.70. The molecule has 0 spiro atoms. The van der Waals surface area contributed by atoms with Crippen LogP contribution in [0.3, 0.4) is 0 Å². The van der Waals surface area contributed by atoms with Gasteiger partial charge < -0.3 is 10.2 Å². The number of carboxylic acids is 2. The first kappa shape index (κ1) is 9.17. The van der Waals surface area contributed by atoms with Crippen molar-refractivity contribution in [2.45, 2.75) is 6.42 Å². The summed E-state index contributed by atoms with van der Waals surface area (Å²) in [5.41, 5.74) is -0.549. The average molecular weight is 155 g/mol. The van der Waals surface area contributed by atoms with Crippen LogP contribution in [0.2, 0.25) is 0 Å². The summed E-state index contributed by atoms with van der Waals surface area (Å²) in [7, 11) is 0. The van der Waals surface area contributed by atoms with Crippen LogP contribution < -0.4 is 0 Å². The summed E-state index contributed by atoms with van der Waals surface area (Å²) in [6.45, 7) is 0. The molecule has 0 aromatic carbocycles. The fraction of sp³-hybridized carbons (Fsp3) is 0.167. The van der Waals surface area contributed by atoms with Crippen molar-refractivity contribution in [3.8, 4) is 6.07 Å². The number of aliphatic carboxylic acids is 2. The normalized spacial score (nSPS) is 10.3. The molecule has 0 amide bonds. The van der Waals surface area contributed by atoms with Crippen LogP contribution in [0.5, 0.6) is 0 Å². The van der Waals surface area contributed by atoms with Crippen LogP contribution in [0.1, 0.15) is 6.42 Å². The molecule has 0 saturated heterocycles. The Morgan fingerprint density at radius 3 is 2.27 bits per heavy atom. The van der Waals surface area contributed by atoms with Crippen LogP contribution in [0, 0.1) is 11.3 Å². The van der Waals surface area contributed by atoms with Crippen LogP contribution in [0.4, 0.5) is 0 Å². The summed E-state index contributed by atoms with van der Waals surface area (Å²) < 4.78 is 0. The molecule has 5 heteroatoms. The number of nitriles is 1. The molecule has 11 heavy (non-hydrogen) atoms. The van der Waals surface area contributed by atoms with E-state index >= 15 is 0 Å². The lowest BCUT2D eigenvalue weighted by molar-refractivity contribution is -0.136. The first-order valence-corrected chi connectivity index (χ1v) is 2.63. The topological polar surface area (TPSA) is 98.4 Å². The zero-order valence-electron chi connectivity index (χ0n) is 5.44. The zero-order valence-corrected chi connectivity index (χ0v) is 5.44. The molecule has 0 aromatic rings. The molecule has 58 valence electrons. The molecule has 2 N–H and O–H groups in total. The van der Waals surface area contributed by atoms with Crippen molar-refractivity contribution in [2.75, 3.05) is 0 Å². The van der Waals surface area contributed by atoms with Gasteiger partial charge in [-0.25, -0.2) is 4.79 Å². The van der Waals surface area contributed by atoms with Gasteiger partial charge >= 0.3 is 11.9 Å². The standard InChI is InChI=1S/C6H5NO4/c7-3-4(6(10)11)1-2-5(8)9/h1H,2H2,(H,8,9)(H,10,11). The van der Waals surface area contributed by atoms with Gasteiger partial charge in [0.25, 0.3) is 0 Å². The number of carboxylic acid groups (broad SMARTS) is 2. The predicted molar refractivity (Wildman–Crippen MR) is 33.6 cm³/mol. The van der Waals surface area contributed by atoms with Gasteiger partial charge in [0, 0.05) is 0 Å². The molecule has 0 aliphatic rings. The monoisotopic (exact) mass is 155 g/mol. The molecule has 0 fully saturated rings. The number of hydrogen-bond acceptors (Lipinski definition) is 3. The quantitative estimate of drug-likeness (QED) is 0.441. The summed E-state index contributed by atoms with van der Waals surface area (Å²) >= 11 is 0. The van der Waals surface area contributed by atoms with Gasteiger partial charge in [-0.05, 0) is 6.08 Å². The van der Waals surface area contributed by atoms with E-state index in [1.807, 2.05) is 0 Å². The van der Waals surface area contributed by atoms with E-state index in [-0.39, 0.29) is 0 Å². The van der Waals surface area contributed by atoms with E-state index in [1.54, 1.807) is 0 Å². The molecule has 0 rings (SSSR count). The summed E-state index contributed by atoms with van der Waals surface area (Å²) in [4.78, 5) is 20.0. The summed E-state index contributed by atoms with van der Waals surface area (Å²) in [5, 5.41) is 24.4. The number of hydrogen-bond donors (Lipinski definition) is 2. The van der Waals surface area contributed by atoms with Gasteiger partial charge in [-0.1, -0.05) is 0 Å². The first-order valence-electron chi connectivity index (χ1n) is 2.63. The zero-order chi connectivity index (χ0) is 8.85. The molecule has 0 saturated carbocycles. The Labute approximate surface area is 62.2 Å². The van der Waals surface area contributed by atoms with Crippen molar-refractivity contribution in [3.63, 3.8) is 0 Å². The predicted octanol–water partition coefficient (Wildman–Crippen LogP) is -0.00432. The lowest BCUT2D eigenvalue weighted by Crippen LogP contribution is -1.99. The Kier molecular flexibility index (Phi) is 3.39. The molecule has 0 atom stereocenters. The molecular weight excluding hydrogens is 150 g/mol. The molecule has 0 aromatic heterocycles. The fourth-order valence-corrected chi connectivity index (χ4v) is 0.370. The molecule has 0 radical (unpaired) electrons. The van der Waals surface area contributed by atoms with E-state index in [4.69, 9.17) is 15.5 Å². The van der Waals surface area contributed by atoms with E-state index in [1.165, 1.54) is 6.07 Å².